The third-order valence-corrected chi connectivity index (χ3v) is 60.9. The molecule has 0 amide bonds. The summed E-state index contributed by atoms with van der Waals surface area (Å²) in [7, 11) is 14.0. The number of carbonyl (C=O) groups excluding carboxylic acids is 1. The highest BCUT2D eigenvalue weighted by Crippen LogP contribution is 3.04. The predicted molar refractivity (Wildman–Crippen MR) is 384 cm³/mol. The fourth-order valence-corrected chi connectivity index (χ4v) is 73.1. The van der Waals surface area contributed by atoms with Gasteiger partial charge in [-0.3, -0.25) is 18.5 Å². The number of halogens is 2. The van der Waals surface area contributed by atoms with Crippen LogP contribution in [0.3, 0.4) is 0 Å². The molecule has 2 fully saturated rings. The van der Waals surface area contributed by atoms with Crippen LogP contribution < -0.4 is 36.8 Å². The minimum atomic E-state index is -4.42. The number of nitrogen functional groups attached to an aromatic ring is 1. The van der Waals surface area contributed by atoms with Crippen LogP contribution in [0.4, 0.5) is 20.4 Å². The molecule has 18 atom stereocenters. The molecule has 0 saturated carbocycles. The van der Waals surface area contributed by atoms with Crippen molar-refractivity contribution < 1.29 is 56.3 Å². The Kier molecular flexibility index (Phi) is 28.5. The van der Waals surface area contributed by atoms with E-state index < -0.39 is 96.9 Å². The zero-order valence-corrected chi connectivity index (χ0v) is 61.8. The zero-order chi connectivity index (χ0) is 67.2. The van der Waals surface area contributed by atoms with E-state index in [9.17, 15) is 29.2 Å². The fourth-order valence-electron chi connectivity index (χ4n) is 10.2. The lowest BCUT2D eigenvalue weighted by molar-refractivity contribution is -0.142. The lowest BCUT2D eigenvalue weighted by Crippen LogP contribution is -2.45. The van der Waals surface area contributed by atoms with Crippen LogP contribution in [0.25, 0.3) is 10.8 Å². The number of rotatable bonds is 20. The number of nitrogens with two attached hydrogens (primary N) is 1. The maximum Gasteiger partial charge on any atom is 0.459 e. The highest BCUT2D eigenvalue weighted by atomic mass is 33.2. The first kappa shape index (κ1) is 76.1. The molecule has 490 valence electrons. The molecule has 19 nitrogen and oxygen atoms in total. The molecule has 2 aromatic heterocycles. The number of ether oxygens (including phenoxy) is 4. The molecule has 91 heavy (non-hydrogen) atoms. The van der Waals surface area contributed by atoms with E-state index in [1.165, 1.54) is 46.3 Å². The summed E-state index contributed by atoms with van der Waals surface area (Å²) >= 11 is 0. The summed E-state index contributed by atoms with van der Waals surface area (Å²) in [6.45, 7) is 10.8. The van der Waals surface area contributed by atoms with Gasteiger partial charge in [0.15, 0.2) is 23.8 Å². The number of fused-ring (bicyclic) bond motifs is 1. The van der Waals surface area contributed by atoms with Gasteiger partial charge >= 0.3 is 25.1 Å². The number of aromatic nitrogens is 4. The lowest BCUT2D eigenvalue weighted by Gasteiger charge is -2.37. The highest BCUT2D eigenvalue weighted by molar-refractivity contribution is 9.10. The molecule has 0 aliphatic carbocycles. The Morgan fingerprint density at radius 3 is 1.80 bits per heavy atom. The zero-order valence-electron chi connectivity index (χ0n) is 51.5. The standard InChI is InChI=1S/C32H34FN3O4.C25H30FN4O8P.C3H4.H11P9/c1-21-28(22(2)37)40-29(31(21,3)33)36-20-19-27(34-30(36)38)35-32(23-11-7-5-8-12-23,24-13-9-6-10-14-24)25-15-17-26(39-4)18-16-25;1-14(22(32)35-4)29-39(34,38-18-11-7-9-16-8-5-6-10-17(16)18)37-15(2)20-21(31)25(3,26)23(36-20)30-13-12-19(27)28-24(30)33;1-3-2;1-6-9(7(2)3)8(4)5/h5-22,28-29,37H,1-4H3,(H,34,35,38);5-15,20-21,23,31H,1-4H3,(H,29,34)(H2,27,28,33);1H,2H3;6H,1-5H2/t21-,22-,28+,29-,31-;14-,15+,20+,21+,23+,25+,39?;;/m10../s1. The third-order valence-electron chi connectivity index (χ3n) is 14.9. The summed E-state index contributed by atoms with van der Waals surface area (Å²) in [5.41, 5.74) is 1.45. The van der Waals surface area contributed by atoms with Gasteiger partial charge in [-0.05, 0) is 115 Å². The molecule has 0 bridgehead atoms. The van der Waals surface area contributed by atoms with Crippen LogP contribution in [0.2, 0.25) is 0 Å². The Balaban J connectivity index is 0.000000246. The van der Waals surface area contributed by atoms with Crippen LogP contribution in [0.1, 0.15) is 77.6 Å². The van der Waals surface area contributed by atoms with E-state index in [0.29, 0.717) is 18.2 Å². The number of aliphatic hydroxyl groups excluding tert-OH is 2. The van der Waals surface area contributed by atoms with Gasteiger partial charge in [0.05, 0.1) is 32.5 Å². The van der Waals surface area contributed by atoms with Crippen LogP contribution >= 0.6 is 81.3 Å². The van der Waals surface area contributed by atoms with Crippen molar-refractivity contribution in [3.8, 4) is 23.8 Å². The second-order valence-electron chi connectivity index (χ2n) is 21.3. The van der Waals surface area contributed by atoms with Crippen LogP contribution in [0.15, 0.2) is 162 Å². The molecule has 0 spiro atoms. The summed E-state index contributed by atoms with van der Waals surface area (Å²) in [6.07, 6.45) is -1.65. The largest absolute Gasteiger partial charge is 0.497 e. The molecule has 4 heterocycles. The number of nitrogens with zero attached hydrogens (tertiary/aromatic N) is 4. The fraction of sp³-hybridized carbons (Fsp3) is 0.350. The molecule has 31 heteroatoms. The van der Waals surface area contributed by atoms with Crippen LogP contribution in [0.5, 0.6) is 11.5 Å². The van der Waals surface area contributed by atoms with Crippen molar-refractivity contribution >= 4 is 110 Å². The number of carbonyl (C=O) groups is 1. The van der Waals surface area contributed by atoms with Gasteiger partial charge in [0.1, 0.15) is 46.9 Å². The Labute approximate surface area is 546 Å². The number of hydrogen-bond acceptors (Lipinski definition) is 16. The molecule has 5 aromatic carbocycles. The second-order valence-corrected chi connectivity index (χ2v) is 53.6. The van der Waals surface area contributed by atoms with Gasteiger partial charge in [-0.15, -0.1) is 57.0 Å². The van der Waals surface area contributed by atoms with Gasteiger partial charge in [-0.1, -0.05) is 124 Å². The second kappa shape index (κ2) is 34.1. The summed E-state index contributed by atoms with van der Waals surface area (Å²) in [4.78, 5) is 45.7. The van der Waals surface area contributed by atoms with Crippen molar-refractivity contribution in [1.29, 1.82) is 0 Å². The third kappa shape index (κ3) is 18.6. The minimum Gasteiger partial charge on any atom is -0.497 e. The van der Waals surface area contributed by atoms with E-state index in [1.807, 2.05) is 103 Å². The number of nitrogens with one attached hydrogen (secondary N) is 2. The van der Waals surface area contributed by atoms with Gasteiger partial charge in [-0.25, -0.2) is 22.9 Å². The van der Waals surface area contributed by atoms with Crippen molar-refractivity contribution in [3.05, 3.63) is 190 Å². The Morgan fingerprint density at radius 2 is 1.31 bits per heavy atom. The van der Waals surface area contributed by atoms with Gasteiger partial charge in [-0.2, -0.15) is 15.1 Å². The molecule has 7 unspecified atom stereocenters. The summed E-state index contributed by atoms with van der Waals surface area (Å²) in [6, 6.07) is 41.6. The molecule has 2 aliphatic rings. The number of anilines is 2. The van der Waals surface area contributed by atoms with Crippen molar-refractivity contribution in [2.75, 3.05) is 25.3 Å². The average Bonchev–Trinajstić information content (AvgIpc) is 1.84. The smallest absolute Gasteiger partial charge is 0.459 e. The molecule has 6 N–H and O–H groups in total. The molecular formula is C60H79F2N7O12P10. The molecule has 2 saturated heterocycles. The number of benzene rings is 5. The molecular weight excluding hydrogens is 1360 g/mol. The highest BCUT2D eigenvalue weighted by Gasteiger charge is 2.58. The molecule has 2 aliphatic heterocycles. The number of aliphatic hydroxyl groups is 2. The van der Waals surface area contributed by atoms with Crippen molar-refractivity contribution in [3.63, 3.8) is 0 Å². The van der Waals surface area contributed by atoms with Crippen molar-refractivity contribution in [2.45, 2.75) is 114 Å². The topological polar surface area (TPSA) is 250 Å². The summed E-state index contributed by atoms with van der Waals surface area (Å²) in [5.74, 6) is 2.03. The quantitative estimate of drug-likeness (QED) is 0.0206. The van der Waals surface area contributed by atoms with Crippen molar-refractivity contribution in [1.82, 2.24) is 24.2 Å². The summed E-state index contributed by atoms with van der Waals surface area (Å²) < 4.78 is 80.9. The number of terminal acetylenes is 1. The monoisotopic (exact) mass is 1440 g/mol. The first-order valence-corrected chi connectivity index (χ1v) is 45.2. The van der Waals surface area contributed by atoms with E-state index in [2.05, 4.69) is 77.4 Å². The van der Waals surface area contributed by atoms with Crippen LogP contribution in [0, 0.1) is 18.3 Å². The van der Waals surface area contributed by atoms with E-state index in [4.69, 9.17) is 33.7 Å². The van der Waals surface area contributed by atoms with E-state index in [-0.39, 0.29) is 25.5 Å². The Bertz CT molecular complexity index is 3680. The maximum atomic E-state index is 15.8. The van der Waals surface area contributed by atoms with E-state index in [0.717, 1.165) is 51.8 Å². The first-order chi connectivity index (χ1) is 43.0. The lowest BCUT2D eigenvalue weighted by atomic mass is 9.77. The number of alkyl halides is 2. The van der Waals surface area contributed by atoms with Gasteiger partial charge < -0.3 is 44.7 Å². The van der Waals surface area contributed by atoms with Gasteiger partial charge in [0, 0.05) is 23.7 Å². The average molecular weight is 1440 g/mol. The number of methoxy groups -OCH3 is 2. The minimum absolute atomic E-state index is 0.0686. The Morgan fingerprint density at radius 1 is 0.802 bits per heavy atom. The van der Waals surface area contributed by atoms with Crippen molar-refractivity contribution in [2.24, 2.45) is 5.92 Å². The number of esters is 1. The number of hydrogen-bond donors (Lipinski definition) is 5. The van der Waals surface area contributed by atoms with E-state index >= 15 is 8.78 Å². The molecule has 0 radical (unpaired) electrons. The van der Waals surface area contributed by atoms with Crippen LogP contribution in [-0.4, -0.2) is 97.4 Å². The van der Waals surface area contributed by atoms with Gasteiger partial charge in [0.25, 0.3) is 0 Å². The SMILES string of the molecule is C#CC.COC(=O)[C@H](C)NP(=O)(Oc1cccc2ccccc12)O[C@H](C)[C@H]1O[C@@H](n2ccc(N)nc2=O)[C@](C)(F)[C@@H]1O.COc1ccc(C(Nc2ccn([C@@H]3O[C@H]([C@@H](C)O)[C@@H](C)[C@@]3(C)F)c(=O)n2)(c2ccccc2)c2ccccc2)cc1.PPP(P(P)P)P(P)P. The predicted octanol–water partition coefficient (Wildman–Crippen LogP) is 13.5. The van der Waals surface area contributed by atoms with E-state index in [1.54, 1.807) is 58.2 Å². The normalized spacial score (nSPS) is 22.9. The first-order valence-electron chi connectivity index (χ1n) is 28.1. The maximum absolute atomic E-state index is 15.8. The van der Waals surface area contributed by atoms with Gasteiger partial charge in [0.2, 0.25) is 0 Å². The summed E-state index contributed by atoms with van der Waals surface area (Å²) in [5, 5.41) is 28.4. The molecule has 7 aromatic rings. The Hall–Kier alpha value is -3.93. The molecule has 9 rings (SSSR count). The van der Waals surface area contributed by atoms with Crippen LogP contribution in [-0.2, 0) is 33.6 Å².